The van der Waals surface area contributed by atoms with Crippen LogP contribution < -0.4 is 0 Å². The first-order valence-electron chi connectivity index (χ1n) is 11.7. The first-order chi connectivity index (χ1) is 14.6. The molecular weight excluding hydrogens is 400 g/mol. The standard InChI is InChI=1S/C24H42O7/c1-7-24(16(2)3,17(4)5)23(28)31-15-18(25)14-30-22(27)20-13-11-9-8-10-12-19(20)21(26)29-6/h16-20,25H,7-15H2,1-6H3. The summed E-state index contributed by atoms with van der Waals surface area (Å²) in [6.45, 7) is 9.43. The Morgan fingerprint density at radius 3 is 1.81 bits per heavy atom. The van der Waals surface area contributed by atoms with Gasteiger partial charge in [0.25, 0.3) is 0 Å². The number of methoxy groups -OCH3 is 1. The van der Waals surface area contributed by atoms with Crippen molar-refractivity contribution in [2.75, 3.05) is 20.3 Å². The van der Waals surface area contributed by atoms with Gasteiger partial charge in [-0.1, -0.05) is 60.3 Å². The van der Waals surface area contributed by atoms with E-state index in [0.717, 1.165) is 25.7 Å². The van der Waals surface area contributed by atoms with E-state index in [1.807, 2.05) is 34.6 Å². The van der Waals surface area contributed by atoms with Crippen molar-refractivity contribution in [1.82, 2.24) is 0 Å². The number of ether oxygens (including phenoxy) is 3. The molecule has 0 heterocycles. The predicted octanol–water partition coefficient (Wildman–Crippen LogP) is 3.90. The van der Waals surface area contributed by atoms with Crippen LogP contribution in [0.15, 0.2) is 0 Å². The van der Waals surface area contributed by atoms with Gasteiger partial charge in [0.2, 0.25) is 0 Å². The topological polar surface area (TPSA) is 99.1 Å². The number of rotatable bonds is 10. The van der Waals surface area contributed by atoms with Crippen LogP contribution >= 0.6 is 0 Å². The van der Waals surface area contributed by atoms with Crippen molar-refractivity contribution < 1.29 is 33.7 Å². The van der Waals surface area contributed by atoms with Gasteiger partial charge in [-0.05, 0) is 31.1 Å². The summed E-state index contributed by atoms with van der Waals surface area (Å²) in [7, 11) is 1.33. The van der Waals surface area contributed by atoms with Crippen LogP contribution in [0.4, 0.5) is 0 Å². The van der Waals surface area contributed by atoms with Gasteiger partial charge in [-0.3, -0.25) is 14.4 Å². The minimum atomic E-state index is -1.12. The molecular formula is C24H42O7. The van der Waals surface area contributed by atoms with Crippen molar-refractivity contribution in [3.8, 4) is 0 Å². The normalized spacial score (nSPS) is 21.2. The second-order valence-electron chi connectivity index (χ2n) is 9.31. The summed E-state index contributed by atoms with van der Waals surface area (Å²) >= 11 is 0. The summed E-state index contributed by atoms with van der Waals surface area (Å²) in [5.41, 5.74) is -0.622. The van der Waals surface area contributed by atoms with E-state index >= 15 is 0 Å². The average molecular weight is 443 g/mol. The van der Waals surface area contributed by atoms with Gasteiger partial charge in [-0.2, -0.15) is 0 Å². The van der Waals surface area contributed by atoms with Crippen LogP contribution in [-0.2, 0) is 28.6 Å². The third-order valence-corrected chi connectivity index (χ3v) is 6.92. The molecule has 0 bridgehead atoms. The molecule has 0 radical (unpaired) electrons. The van der Waals surface area contributed by atoms with Gasteiger partial charge in [-0.25, -0.2) is 0 Å². The predicted molar refractivity (Wildman–Crippen MR) is 117 cm³/mol. The number of hydrogen-bond acceptors (Lipinski definition) is 7. The number of hydrogen-bond donors (Lipinski definition) is 1. The Morgan fingerprint density at radius 2 is 1.35 bits per heavy atom. The Labute approximate surface area is 187 Å². The van der Waals surface area contributed by atoms with Crippen molar-refractivity contribution in [2.24, 2.45) is 29.1 Å². The van der Waals surface area contributed by atoms with Crippen LogP contribution in [0.25, 0.3) is 0 Å². The lowest BCUT2D eigenvalue weighted by Gasteiger charge is -2.38. The zero-order chi connectivity index (χ0) is 23.6. The maximum atomic E-state index is 12.8. The number of carbonyl (C=O) groups excluding carboxylic acids is 3. The molecule has 7 heteroatoms. The fourth-order valence-electron chi connectivity index (χ4n) is 4.94. The SMILES string of the molecule is CCC(C(=O)OCC(O)COC(=O)C1CCCCCCC1C(=O)OC)(C(C)C)C(C)C. The molecule has 0 aromatic rings. The van der Waals surface area contributed by atoms with Crippen LogP contribution in [0.5, 0.6) is 0 Å². The molecule has 1 fully saturated rings. The lowest BCUT2D eigenvalue weighted by molar-refractivity contribution is -0.170. The summed E-state index contributed by atoms with van der Waals surface area (Å²) in [6, 6.07) is 0. The zero-order valence-electron chi connectivity index (χ0n) is 20.1. The van der Waals surface area contributed by atoms with Gasteiger partial charge in [0.15, 0.2) is 0 Å². The maximum absolute atomic E-state index is 12.8. The third-order valence-electron chi connectivity index (χ3n) is 6.92. The number of aliphatic hydroxyl groups is 1. The molecule has 0 amide bonds. The Bertz CT molecular complexity index is 576. The highest BCUT2D eigenvalue weighted by molar-refractivity contribution is 5.82. The van der Waals surface area contributed by atoms with Crippen molar-refractivity contribution in [1.29, 1.82) is 0 Å². The van der Waals surface area contributed by atoms with Gasteiger partial charge >= 0.3 is 17.9 Å². The molecule has 180 valence electrons. The van der Waals surface area contributed by atoms with E-state index in [1.54, 1.807) is 0 Å². The van der Waals surface area contributed by atoms with Gasteiger partial charge in [0.1, 0.15) is 19.3 Å². The molecule has 1 N–H and O–H groups in total. The summed E-state index contributed by atoms with van der Waals surface area (Å²) in [5.74, 6) is -2.14. The van der Waals surface area contributed by atoms with Gasteiger partial charge in [0, 0.05) is 0 Å². The first-order valence-corrected chi connectivity index (χ1v) is 11.7. The summed E-state index contributed by atoms with van der Waals surface area (Å²) < 4.78 is 15.6. The molecule has 31 heavy (non-hydrogen) atoms. The van der Waals surface area contributed by atoms with Crippen LogP contribution in [0.1, 0.15) is 79.6 Å². The molecule has 1 aliphatic carbocycles. The summed E-state index contributed by atoms with van der Waals surface area (Å²) in [4.78, 5) is 37.6. The minimum Gasteiger partial charge on any atom is -0.469 e. The summed E-state index contributed by atoms with van der Waals surface area (Å²) in [5, 5.41) is 10.2. The molecule has 1 rings (SSSR count). The fraction of sp³-hybridized carbons (Fsp3) is 0.875. The van der Waals surface area contributed by atoms with E-state index < -0.39 is 35.3 Å². The zero-order valence-corrected chi connectivity index (χ0v) is 20.1. The largest absolute Gasteiger partial charge is 0.469 e. The van der Waals surface area contributed by atoms with Gasteiger partial charge in [-0.15, -0.1) is 0 Å². The van der Waals surface area contributed by atoms with E-state index in [2.05, 4.69) is 0 Å². The highest BCUT2D eigenvalue weighted by Gasteiger charge is 2.44. The molecule has 0 spiro atoms. The molecule has 0 aliphatic heterocycles. The van der Waals surface area contributed by atoms with Crippen LogP contribution in [0, 0.1) is 29.1 Å². The molecule has 1 aliphatic rings. The number of aliphatic hydroxyl groups excluding tert-OH is 1. The first kappa shape index (κ1) is 27.4. The quantitative estimate of drug-likeness (QED) is 0.404. The van der Waals surface area contributed by atoms with Crippen LogP contribution in [0.3, 0.4) is 0 Å². The minimum absolute atomic E-state index is 0.0922. The second-order valence-corrected chi connectivity index (χ2v) is 9.31. The smallest absolute Gasteiger partial charge is 0.312 e. The Balaban J connectivity index is 2.65. The van der Waals surface area contributed by atoms with E-state index in [4.69, 9.17) is 14.2 Å². The fourth-order valence-corrected chi connectivity index (χ4v) is 4.94. The maximum Gasteiger partial charge on any atom is 0.312 e. The van der Waals surface area contributed by atoms with Gasteiger partial charge in [0.05, 0.1) is 24.4 Å². The van der Waals surface area contributed by atoms with E-state index in [9.17, 15) is 19.5 Å². The third kappa shape index (κ3) is 7.19. The summed E-state index contributed by atoms with van der Waals surface area (Å²) in [6.07, 6.45) is 4.44. The monoisotopic (exact) mass is 442 g/mol. The number of esters is 3. The van der Waals surface area contributed by atoms with Crippen molar-refractivity contribution >= 4 is 17.9 Å². The van der Waals surface area contributed by atoms with Crippen molar-refractivity contribution in [2.45, 2.75) is 85.7 Å². The van der Waals surface area contributed by atoms with Gasteiger partial charge < -0.3 is 19.3 Å². The molecule has 3 unspecified atom stereocenters. The lowest BCUT2D eigenvalue weighted by atomic mass is 9.67. The molecule has 7 nitrogen and oxygen atoms in total. The molecule has 0 saturated heterocycles. The molecule has 0 aromatic heterocycles. The Hall–Kier alpha value is -1.63. The highest BCUT2D eigenvalue weighted by Crippen LogP contribution is 2.40. The average Bonchev–Trinajstić information content (AvgIpc) is 2.70. The van der Waals surface area contributed by atoms with Crippen molar-refractivity contribution in [3.05, 3.63) is 0 Å². The van der Waals surface area contributed by atoms with Crippen molar-refractivity contribution in [3.63, 3.8) is 0 Å². The Morgan fingerprint density at radius 1 is 0.871 bits per heavy atom. The van der Waals surface area contributed by atoms with E-state index in [-0.39, 0.29) is 31.0 Å². The Kier molecular flexibility index (Phi) is 11.5. The second kappa shape index (κ2) is 13.0. The molecule has 0 aromatic carbocycles. The molecule has 3 atom stereocenters. The highest BCUT2D eigenvalue weighted by atomic mass is 16.6. The van der Waals surface area contributed by atoms with Crippen LogP contribution in [-0.4, -0.2) is 49.4 Å². The molecule has 1 saturated carbocycles. The van der Waals surface area contributed by atoms with E-state index in [0.29, 0.717) is 19.3 Å². The number of carbonyl (C=O) groups is 3. The lowest BCUT2D eigenvalue weighted by Crippen LogP contribution is -2.43. The van der Waals surface area contributed by atoms with E-state index in [1.165, 1.54) is 7.11 Å². The van der Waals surface area contributed by atoms with Crippen LogP contribution in [0.2, 0.25) is 0 Å².